The van der Waals surface area contributed by atoms with Crippen LogP contribution in [0.1, 0.15) is 52.6 Å². The van der Waals surface area contributed by atoms with Crippen LogP contribution in [0.25, 0.3) is 0 Å². The Morgan fingerprint density at radius 1 is 0.750 bits per heavy atom. The summed E-state index contributed by atoms with van der Waals surface area (Å²) in [4.78, 5) is 65.2. The smallest absolute Gasteiger partial charge is 0.410 e. The molecule has 2 amide bonds. The molecule has 14 heteroatoms. The summed E-state index contributed by atoms with van der Waals surface area (Å²) >= 11 is 0. The second-order valence-corrected chi connectivity index (χ2v) is 10.7. The minimum Gasteiger partial charge on any atom is -0.508 e. The number of phenolic OH excluding ortho intramolecular Hbond substituents is 4. The lowest BCUT2D eigenvalue weighted by atomic mass is 9.95. The van der Waals surface area contributed by atoms with Gasteiger partial charge in [-0.1, -0.05) is 36.4 Å². The van der Waals surface area contributed by atoms with Crippen molar-refractivity contribution in [3.05, 3.63) is 118 Å². The number of carboxylic acid groups (broad SMARTS) is 1. The van der Waals surface area contributed by atoms with E-state index in [1.165, 1.54) is 35.2 Å². The Kier molecular flexibility index (Phi) is 9.45. The second kappa shape index (κ2) is 13.8. The summed E-state index contributed by atoms with van der Waals surface area (Å²) in [7, 11) is 0. The molecule has 48 heavy (non-hydrogen) atoms. The molecule has 14 nitrogen and oxygen atoms in total. The van der Waals surface area contributed by atoms with E-state index in [0.29, 0.717) is 0 Å². The molecule has 0 bridgehead atoms. The van der Waals surface area contributed by atoms with Crippen LogP contribution in [0, 0.1) is 0 Å². The third-order valence-electron chi connectivity index (χ3n) is 7.49. The summed E-state index contributed by atoms with van der Waals surface area (Å²) < 4.78 is 11.0. The fourth-order valence-electron chi connectivity index (χ4n) is 5.11. The first kappa shape index (κ1) is 32.8. The van der Waals surface area contributed by atoms with Crippen molar-refractivity contribution in [1.29, 1.82) is 0 Å². The third-order valence-corrected chi connectivity index (χ3v) is 7.49. The van der Waals surface area contributed by atoms with E-state index in [9.17, 15) is 49.5 Å². The van der Waals surface area contributed by atoms with Gasteiger partial charge in [-0.05, 0) is 54.1 Å². The van der Waals surface area contributed by atoms with E-state index in [1.807, 2.05) is 0 Å². The molecule has 0 unspecified atom stereocenters. The minimum absolute atomic E-state index is 0.0382. The molecule has 4 aromatic carbocycles. The maximum Gasteiger partial charge on any atom is 0.410 e. The number of hydrogen-bond acceptors (Lipinski definition) is 11. The Labute approximate surface area is 272 Å². The van der Waals surface area contributed by atoms with Gasteiger partial charge in [0.1, 0.15) is 41.3 Å². The van der Waals surface area contributed by atoms with Gasteiger partial charge in [0.2, 0.25) is 5.78 Å². The van der Waals surface area contributed by atoms with Gasteiger partial charge in [-0.15, -0.1) is 0 Å². The highest BCUT2D eigenvalue weighted by Gasteiger charge is 2.40. The van der Waals surface area contributed by atoms with Crippen molar-refractivity contribution < 1.29 is 59.0 Å². The molecule has 6 N–H and O–H groups in total. The van der Waals surface area contributed by atoms with E-state index < -0.39 is 81.4 Å². The van der Waals surface area contributed by atoms with Crippen LogP contribution in [0.15, 0.2) is 84.9 Å². The topological polar surface area (TPSA) is 220 Å². The molecule has 0 spiro atoms. The molecule has 1 aliphatic rings. The van der Waals surface area contributed by atoms with Gasteiger partial charge in [0.15, 0.2) is 0 Å². The Morgan fingerprint density at radius 2 is 1.42 bits per heavy atom. The number of nitrogens with one attached hydrogen (secondary N) is 1. The molecule has 246 valence electrons. The molecule has 4 aromatic rings. The van der Waals surface area contributed by atoms with Crippen molar-refractivity contribution in [2.24, 2.45) is 0 Å². The summed E-state index contributed by atoms with van der Waals surface area (Å²) in [5.74, 6) is -7.08. The number of likely N-dealkylation sites (tertiary alicyclic amines) is 1. The van der Waals surface area contributed by atoms with Crippen LogP contribution < -0.4 is 5.32 Å². The highest BCUT2D eigenvalue weighted by atomic mass is 16.6. The molecule has 0 aromatic heterocycles. The van der Waals surface area contributed by atoms with Crippen LogP contribution in [0.5, 0.6) is 23.0 Å². The highest BCUT2D eigenvalue weighted by molar-refractivity contribution is 6.18. The van der Waals surface area contributed by atoms with Crippen LogP contribution in [-0.4, -0.2) is 85.4 Å². The van der Waals surface area contributed by atoms with E-state index in [1.54, 1.807) is 30.3 Å². The van der Waals surface area contributed by atoms with Crippen LogP contribution in [-0.2, 0) is 16.1 Å². The van der Waals surface area contributed by atoms with Gasteiger partial charge in [0.05, 0.1) is 29.3 Å². The van der Waals surface area contributed by atoms with E-state index in [0.717, 1.165) is 29.8 Å². The normalized spacial score (nSPS) is 15.4. The summed E-state index contributed by atoms with van der Waals surface area (Å²) in [6, 6.07) is 18.2. The van der Waals surface area contributed by atoms with Crippen LogP contribution >= 0.6 is 0 Å². The van der Waals surface area contributed by atoms with Gasteiger partial charge >= 0.3 is 18.0 Å². The van der Waals surface area contributed by atoms with E-state index in [-0.39, 0.29) is 31.0 Å². The lowest BCUT2D eigenvalue weighted by Gasteiger charge is -2.20. The zero-order valence-corrected chi connectivity index (χ0v) is 24.9. The zero-order valence-electron chi connectivity index (χ0n) is 24.9. The maximum absolute atomic E-state index is 13.3. The standard InChI is InChI=1S/C34H28N2O12/c37-21-11-9-19(10-12-21)31(42)35-23-15-36(34(46)47-17-18-5-2-1-3-6-18)16-27(23)48-33(45)20-13-25(39)29(26(40)14-20)30(41)28-22(32(43)44)7-4-8-24(28)38/h1-14,23,27,37-40H,15-17H2,(H,35,42)(H,43,44)/t23-,27-/m1/s1. The van der Waals surface area contributed by atoms with Crippen LogP contribution in [0.3, 0.4) is 0 Å². The van der Waals surface area contributed by atoms with E-state index in [2.05, 4.69) is 5.32 Å². The molecule has 2 atom stereocenters. The Morgan fingerprint density at radius 3 is 2.06 bits per heavy atom. The molecule has 1 fully saturated rings. The van der Waals surface area contributed by atoms with Crippen molar-refractivity contribution in [2.45, 2.75) is 18.8 Å². The van der Waals surface area contributed by atoms with Gasteiger partial charge in [-0.3, -0.25) is 9.59 Å². The predicted octanol–water partition coefficient (Wildman–Crippen LogP) is 3.41. The van der Waals surface area contributed by atoms with Gasteiger partial charge in [-0.2, -0.15) is 0 Å². The number of hydrogen-bond donors (Lipinski definition) is 6. The molecule has 5 rings (SSSR count). The zero-order chi connectivity index (χ0) is 34.5. The van der Waals surface area contributed by atoms with Gasteiger partial charge in [-0.25, -0.2) is 14.4 Å². The highest BCUT2D eigenvalue weighted by Crippen LogP contribution is 2.35. The van der Waals surface area contributed by atoms with Crippen molar-refractivity contribution in [3.8, 4) is 23.0 Å². The first-order valence-electron chi connectivity index (χ1n) is 14.4. The average Bonchev–Trinajstić information content (AvgIpc) is 3.45. The van der Waals surface area contributed by atoms with Crippen molar-refractivity contribution in [1.82, 2.24) is 10.2 Å². The summed E-state index contributed by atoms with van der Waals surface area (Å²) in [6.07, 6.45) is -1.89. The van der Waals surface area contributed by atoms with Gasteiger partial charge in [0.25, 0.3) is 5.91 Å². The van der Waals surface area contributed by atoms with Crippen molar-refractivity contribution >= 4 is 29.7 Å². The summed E-state index contributed by atoms with van der Waals surface area (Å²) in [5, 5.41) is 53.2. The largest absolute Gasteiger partial charge is 0.508 e. The fourth-order valence-corrected chi connectivity index (χ4v) is 5.11. The van der Waals surface area contributed by atoms with Gasteiger partial charge in [0, 0.05) is 12.1 Å². The number of ether oxygens (including phenoxy) is 2. The molecule has 0 saturated carbocycles. The Balaban J connectivity index is 1.36. The first-order valence-corrected chi connectivity index (χ1v) is 14.4. The number of carbonyl (C=O) groups is 5. The molecule has 0 aliphatic carbocycles. The maximum atomic E-state index is 13.3. The number of amides is 2. The summed E-state index contributed by atoms with van der Waals surface area (Å²) in [6.45, 7) is -0.366. The molecule has 1 saturated heterocycles. The number of aromatic carboxylic acids is 1. The number of rotatable bonds is 9. The Bertz CT molecular complexity index is 1870. The molecule has 1 heterocycles. The number of carboxylic acids is 1. The lowest BCUT2D eigenvalue weighted by molar-refractivity contribution is 0.0259. The minimum atomic E-state index is -1.55. The SMILES string of the molecule is O=C(N[C@@H]1CN(C(=O)OCc2ccccc2)C[C@H]1OC(=O)c1cc(O)c(C(=O)c2c(O)cccc2C(=O)O)c(O)c1)c1ccc(O)cc1. The number of carbonyl (C=O) groups excluding carboxylic acids is 4. The lowest BCUT2D eigenvalue weighted by Crippen LogP contribution is -2.44. The van der Waals surface area contributed by atoms with E-state index in [4.69, 9.17) is 9.47 Å². The number of ketones is 1. The van der Waals surface area contributed by atoms with Crippen LogP contribution in [0.4, 0.5) is 4.79 Å². The Hall–Kier alpha value is -6.57. The molecule has 1 aliphatic heterocycles. The summed E-state index contributed by atoms with van der Waals surface area (Å²) in [5.41, 5.74) is -1.57. The van der Waals surface area contributed by atoms with E-state index >= 15 is 0 Å². The average molecular weight is 657 g/mol. The second-order valence-electron chi connectivity index (χ2n) is 10.7. The first-order chi connectivity index (χ1) is 22.9. The number of aromatic hydroxyl groups is 4. The molecular formula is C34H28N2O12. The predicted molar refractivity (Wildman–Crippen MR) is 165 cm³/mol. The van der Waals surface area contributed by atoms with Gasteiger partial charge < -0.3 is 45.2 Å². The fraction of sp³-hybridized carbons (Fsp3) is 0.147. The number of phenols is 4. The van der Waals surface area contributed by atoms with Crippen molar-refractivity contribution in [2.75, 3.05) is 13.1 Å². The number of benzene rings is 4. The van der Waals surface area contributed by atoms with Crippen molar-refractivity contribution in [3.63, 3.8) is 0 Å². The van der Waals surface area contributed by atoms with Crippen LogP contribution in [0.2, 0.25) is 0 Å². The third kappa shape index (κ3) is 7.12. The number of nitrogens with zero attached hydrogens (tertiary/aromatic N) is 1. The quantitative estimate of drug-likeness (QED) is 0.113. The molecular weight excluding hydrogens is 628 g/mol. The number of esters is 1. The molecule has 0 radical (unpaired) electrons. The monoisotopic (exact) mass is 656 g/mol.